The van der Waals surface area contributed by atoms with Crippen LogP contribution < -0.4 is 5.32 Å². The maximum Gasteiger partial charge on any atom is 0.217 e. The zero-order valence-corrected chi connectivity index (χ0v) is 9.28. The van der Waals surface area contributed by atoms with Gasteiger partial charge in [0.1, 0.15) is 0 Å². The van der Waals surface area contributed by atoms with Crippen molar-refractivity contribution in [1.29, 1.82) is 0 Å². The van der Waals surface area contributed by atoms with E-state index >= 15 is 0 Å². The van der Waals surface area contributed by atoms with Gasteiger partial charge in [0, 0.05) is 13.5 Å². The molecule has 0 spiro atoms. The molecule has 0 radical (unpaired) electrons. The van der Waals surface area contributed by atoms with Gasteiger partial charge in [0.15, 0.2) is 0 Å². The van der Waals surface area contributed by atoms with E-state index in [9.17, 15) is 9.90 Å². The number of likely N-dealkylation sites (tertiary alicyclic amines) is 1. The van der Waals surface area contributed by atoms with Crippen molar-refractivity contribution in [3.05, 3.63) is 12.7 Å². The minimum atomic E-state index is -0.672. The van der Waals surface area contributed by atoms with E-state index < -0.39 is 6.10 Å². The second-order valence-corrected chi connectivity index (χ2v) is 4.04. The quantitative estimate of drug-likeness (QED) is 0.637. The van der Waals surface area contributed by atoms with Crippen molar-refractivity contribution in [3.8, 4) is 0 Å². The first-order chi connectivity index (χ1) is 7.13. The largest absolute Gasteiger partial charge is 0.387 e. The van der Waals surface area contributed by atoms with E-state index in [-0.39, 0.29) is 11.9 Å². The Hall–Kier alpha value is -0.870. The molecule has 4 nitrogen and oxygen atoms in total. The lowest BCUT2D eigenvalue weighted by Gasteiger charge is -2.26. The first kappa shape index (κ1) is 12.2. The van der Waals surface area contributed by atoms with Crippen LogP contribution in [0.4, 0.5) is 0 Å². The molecule has 0 aromatic rings. The van der Waals surface area contributed by atoms with Crippen molar-refractivity contribution in [3.63, 3.8) is 0 Å². The highest BCUT2D eigenvalue weighted by atomic mass is 16.3. The lowest BCUT2D eigenvalue weighted by atomic mass is 10.1. The summed E-state index contributed by atoms with van der Waals surface area (Å²) in [4.78, 5) is 13.2. The van der Waals surface area contributed by atoms with Crippen LogP contribution in [0.1, 0.15) is 19.8 Å². The third-order valence-corrected chi connectivity index (χ3v) is 2.70. The predicted molar refractivity (Wildman–Crippen MR) is 59.5 cm³/mol. The van der Waals surface area contributed by atoms with Crippen LogP contribution in [-0.2, 0) is 4.79 Å². The van der Waals surface area contributed by atoms with Gasteiger partial charge in [-0.15, -0.1) is 6.58 Å². The number of nitrogens with zero attached hydrogens (tertiary/aromatic N) is 1. The summed E-state index contributed by atoms with van der Waals surface area (Å²) in [6, 6.07) is -0.238. The molecule has 0 aromatic carbocycles. The van der Waals surface area contributed by atoms with E-state index in [0.717, 1.165) is 13.1 Å². The molecule has 0 bridgehead atoms. The fraction of sp³-hybridized carbons (Fsp3) is 0.727. The predicted octanol–water partition coefficient (Wildman–Crippen LogP) is 0.134. The van der Waals surface area contributed by atoms with E-state index in [4.69, 9.17) is 0 Å². The van der Waals surface area contributed by atoms with Gasteiger partial charge in [0.2, 0.25) is 5.91 Å². The van der Waals surface area contributed by atoms with E-state index in [1.54, 1.807) is 0 Å². The Morgan fingerprint density at radius 2 is 2.20 bits per heavy atom. The smallest absolute Gasteiger partial charge is 0.217 e. The Morgan fingerprint density at radius 1 is 1.60 bits per heavy atom. The van der Waals surface area contributed by atoms with Gasteiger partial charge in [-0.3, -0.25) is 4.79 Å². The van der Waals surface area contributed by atoms with Gasteiger partial charge in [0.25, 0.3) is 0 Å². The molecule has 1 saturated heterocycles. The standard InChI is InChI=1S/C11H20N2O2/c1-3-11(15)10(12-9(2)14)8-13-6-4-5-7-13/h3,10-11,15H,1,4-8H2,2H3,(H,12,14). The van der Waals surface area contributed by atoms with Crippen LogP contribution in [0.15, 0.2) is 12.7 Å². The average Bonchev–Trinajstić information content (AvgIpc) is 2.67. The van der Waals surface area contributed by atoms with Crippen molar-refractivity contribution >= 4 is 5.91 Å². The third kappa shape index (κ3) is 4.01. The molecule has 1 aliphatic heterocycles. The summed E-state index contributed by atoms with van der Waals surface area (Å²) in [5, 5.41) is 12.4. The monoisotopic (exact) mass is 212 g/mol. The number of nitrogens with one attached hydrogen (secondary N) is 1. The van der Waals surface area contributed by atoms with Crippen LogP contribution in [0.5, 0.6) is 0 Å². The zero-order valence-electron chi connectivity index (χ0n) is 9.28. The van der Waals surface area contributed by atoms with Crippen LogP contribution in [0.2, 0.25) is 0 Å². The lowest BCUT2D eigenvalue weighted by Crippen LogP contribution is -2.48. The van der Waals surface area contributed by atoms with Crippen molar-refractivity contribution in [2.45, 2.75) is 31.9 Å². The molecular weight excluding hydrogens is 192 g/mol. The Morgan fingerprint density at radius 3 is 2.67 bits per heavy atom. The molecule has 4 heteroatoms. The highest BCUT2D eigenvalue weighted by molar-refractivity contribution is 5.73. The Kier molecular flexibility index (Phi) is 4.78. The number of hydrogen-bond acceptors (Lipinski definition) is 3. The van der Waals surface area contributed by atoms with E-state index in [1.807, 2.05) is 0 Å². The fourth-order valence-electron chi connectivity index (χ4n) is 1.91. The summed E-state index contributed by atoms with van der Waals surface area (Å²) in [5.41, 5.74) is 0. The van der Waals surface area contributed by atoms with Crippen LogP contribution in [0.3, 0.4) is 0 Å². The van der Waals surface area contributed by atoms with Crippen molar-refractivity contribution in [2.24, 2.45) is 0 Å². The van der Waals surface area contributed by atoms with E-state index in [1.165, 1.54) is 25.8 Å². The first-order valence-electron chi connectivity index (χ1n) is 5.43. The number of hydrogen-bond donors (Lipinski definition) is 2. The summed E-state index contributed by atoms with van der Waals surface area (Å²) in [6.45, 7) is 7.82. The molecule has 0 saturated carbocycles. The van der Waals surface area contributed by atoms with Crippen LogP contribution in [0, 0.1) is 0 Å². The number of aliphatic hydroxyl groups excluding tert-OH is 1. The summed E-state index contributed by atoms with van der Waals surface area (Å²) in [6.07, 6.45) is 3.21. The highest BCUT2D eigenvalue weighted by Crippen LogP contribution is 2.09. The molecule has 1 fully saturated rings. The molecule has 1 heterocycles. The second-order valence-electron chi connectivity index (χ2n) is 4.04. The van der Waals surface area contributed by atoms with Crippen molar-refractivity contribution in [1.82, 2.24) is 10.2 Å². The summed E-state index contributed by atoms with van der Waals surface area (Å²) >= 11 is 0. The highest BCUT2D eigenvalue weighted by Gasteiger charge is 2.22. The zero-order chi connectivity index (χ0) is 11.3. The molecule has 15 heavy (non-hydrogen) atoms. The van der Waals surface area contributed by atoms with Crippen LogP contribution in [-0.4, -0.2) is 47.7 Å². The molecule has 0 aliphatic carbocycles. The van der Waals surface area contributed by atoms with E-state index in [0.29, 0.717) is 6.54 Å². The maximum atomic E-state index is 11.0. The summed E-state index contributed by atoms with van der Waals surface area (Å²) in [7, 11) is 0. The van der Waals surface area contributed by atoms with Crippen molar-refractivity contribution in [2.75, 3.05) is 19.6 Å². The molecule has 86 valence electrons. The number of amides is 1. The number of carbonyl (C=O) groups is 1. The molecular formula is C11H20N2O2. The second kappa shape index (κ2) is 5.88. The molecule has 1 rings (SSSR count). The fourth-order valence-corrected chi connectivity index (χ4v) is 1.91. The van der Waals surface area contributed by atoms with Gasteiger partial charge in [-0.1, -0.05) is 6.08 Å². The van der Waals surface area contributed by atoms with Crippen LogP contribution in [0.25, 0.3) is 0 Å². The van der Waals surface area contributed by atoms with Gasteiger partial charge >= 0.3 is 0 Å². The average molecular weight is 212 g/mol. The van der Waals surface area contributed by atoms with Gasteiger partial charge in [-0.25, -0.2) is 0 Å². The number of rotatable bonds is 5. The summed E-state index contributed by atoms with van der Waals surface area (Å²) in [5.74, 6) is -0.111. The Balaban J connectivity index is 2.46. The lowest BCUT2D eigenvalue weighted by molar-refractivity contribution is -0.120. The maximum absolute atomic E-state index is 11.0. The number of carbonyl (C=O) groups excluding carboxylic acids is 1. The SMILES string of the molecule is C=CC(O)C(CN1CCCC1)NC(C)=O. The van der Waals surface area contributed by atoms with Gasteiger partial charge in [0.05, 0.1) is 12.1 Å². The van der Waals surface area contributed by atoms with Crippen LogP contribution >= 0.6 is 0 Å². The molecule has 0 aromatic heterocycles. The summed E-state index contributed by atoms with van der Waals surface area (Å²) < 4.78 is 0. The minimum Gasteiger partial charge on any atom is -0.387 e. The third-order valence-electron chi connectivity index (χ3n) is 2.70. The van der Waals surface area contributed by atoms with E-state index in [2.05, 4.69) is 16.8 Å². The van der Waals surface area contributed by atoms with Gasteiger partial charge < -0.3 is 15.3 Å². The van der Waals surface area contributed by atoms with Crippen molar-refractivity contribution < 1.29 is 9.90 Å². The topological polar surface area (TPSA) is 52.6 Å². The molecule has 1 aliphatic rings. The normalized spacial score (nSPS) is 20.9. The van der Waals surface area contributed by atoms with Gasteiger partial charge in [-0.05, 0) is 25.9 Å². The Labute approximate surface area is 91.0 Å². The Bertz CT molecular complexity index is 225. The molecule has 2 N–H and O–H groups in total. The molecule has 2 atom stereocenters. The minimum absolute atomic E-state index is 0.111. The molecule has 2 unspecified atom stereocenters. The van der Waals surface area contributed by atoms with Gasteiger partial charge in [-0.2, -0.15) is 0 Å². The molecule has 1 amide bonds. The number of aliphatic hydroxyl groups is 1. The first-order valence-corrected chi connectivity index (χ1v) is 5.43.